The van der Waals surface area contributed by atoms with Crippen LogP contribution in [0.3, 0.4) is 0 Å². The van der Waals surface area contributed by atoms with Gasteiger partial charge in [0, 0.05) is 10.7 Å². The summed E-state index contributed by atoms with van der Waals surface area (Å²) in [6.07, 6.45) is 0. The molecular weight excluding hydrogens is 311 g/mol. The molecule has 0 unspecified atom stereocenters. The summed E-state index contributed by atoms with van der Waals surface area (Å²) in [5, 5.41) is 0.884. The van der Waals surface area contributed by atoms with Gasteiger partial charge in [-0.05, 0) is 49.2 Å². The van der Waals surface area contributed by atoms with E-state index in [1.54, 1.807) is 12.1 Å². The topological polar surface area (TPSA) is 78.3 Å². The quantitative estimate of drug-likeness (QED) is 0.835. The number of carbonyl (C=O) groups is 1. The number of primary amides is 1. The molecule has 0 fully saturated rings. The molecule has 0 saturated carbocycles. The number of hydrogen-bond acceptors (Lipinski definition) is 3. The van der Waals surface area contributed by atoms with Crippen molar-refractivity contribution in [3.63, 3.8) is 0 Å². The Morgan fingerprint density at radius 3 is 2.19 bits per heavy atom. The highest BCUT2D eigenvalue weighted by atomic mass is 35.5. The normalized spacial score (nSPS) is 10.5. The van der Waals surface area contributed by atoms with Gasteiger partial charge in [0.25, 0.3) is 5.91 Å². The lowest BCUT2D eigenvalue weighted by atomic mass is 10.1. The molecule has 2 rings (SSSR count). The number of rotatable bonds is 3. The molecule has 2 aromatic carbocycles. The highest BCUT2D eigenvalue weighted by Crippen LogP contribution is 2.36. The van der Waals surface area contributed by atoms with Crippen molar-refractivity contribution in [3.8, 4) is 11.5 Å². The number of carbonyl (C=O) groups excluding carboxylic acids is 1. The summed E-state index contributed by atoms with van der Waals surface area (Å²) in [6.45, 7) is 3.73. The fourth-order valence-corrected chi connectivity index (χ4v) is 2.36. The minimum atomic E-state index is -0.665. The summed E-state index contributed by atoms with van der Waals surface area (Å²) in [7, 11) is 0. The molecule has 0 aromatic heterocycles. The van der Waals surface area contributed by atoms with Gasteiger partial charge in [0.1, 0.15) is 5.75 Å². The van der Waals surface area contributed by atoms with E-state index in [2.05, 4.69) is 0 Å². The van der Waals surface area contributed by atoms with Crippen molar-refractivity contribution < 1.29 is 9.53 Å². The number of aryl methyl sites for hydroxylation is 2. The molecule has 0 spiro atoms. The molecule has 1 amide bonds. The molecule has 0 saturated heterocycles. The molecule has 0 radical (unpaired) electrons. The predicted molar refractivity (Wildman–Crippen MR) is 85.4 cm³/mol. The molecule has 0 aliphatic heterocycles. The lowest BCUT2D eigenvalue weighted by Gasteiger charge is -2.14. The molecule has 0 heterocycles. The zero-order valence-electron chi connectivity index (χ0n) is 11.5. The van der Waals surface area contributed by atoms with Crippen molar-refractivity contribution in [2.75, 3.05) is 5.73 Å². The zero-order chi connectivity index (χ0) is 15.7. The van der Waals surface area contributed by atoms with E-state index in [1.807, 2.05) is 13.8 Å². The Morgan fingerprint density at radius 2 is 1.67 bits per heavy atom. The van der Waals surface area contributed by atoms with Crippen LogP contribution in [0.25, 0.3) is 0 Å². The third kappa shape index (κ3) is 3.23. The van der Waals surface area contributed by atoms with Gasteiger partial charge in [-0.2, -0.15) is 0 Å². The van der Waals surface area contributed by atoms with Crippen LogP contribution in [0.2, 0.25) is 10.0 Å². The van der Waals surface area contributed by atoms with Crippen LogP contribution in [-0.4, -0.2) is 5.91 Å². The first kappa shape index (κ1) is 15.5. The van der Waals surface area contributed by atoms with Gasteiger partial charge in [-0.1, -0.05) is 23.2 Å². The monoisotopic (exact) mass is 324 g/mol. The molecule has 0 bridgehead atoms. The van der Waals surface area contributed by atoms with E-state index in [1.165, 1.54) is 12.1 Å². The number of amides is 1. The number of hydrogen-bond donors (Lipinski definition) is 2. The number of nitrogens with two attached hydrogens (primary N) is 2. The lowest BCUT2D eigenvalue weighted by molar-refractivity contribution is 0.0998. The largest absolute Gasteiger partial charge is 0.455 e. The van der Waals surface area contributed by atoms with Crippen molar-refractivity contribution >= 4 is 34.8 Å². The Hall–Kier alpha value is -1.91. The summed E-state index contributed by atoms with van der Waals surface area (Å²) in [4.78, 5) is 11.5. The van der Waals surface area contributed by atoms with Crippen molar-refractivity contribution in [2.24, 2.45) is 5.73 Å². The van der Waals surface area contributed by atoms with E-state index in [4.69, 9.17) is 39.4 Å². The molecule has 0 aliphatic rings. The van der Waals surface area contributed by atoms with E-state index in [-0.39, 0.29) is 16.3 Å². The molecule has 0 aliphatic carbocycles. The zero-order valence-corrected chi connectivity index (χ0v) is 13.0. The average Bonchev–Trinajstić information content (AvgIpc) is 2.38. The SMILES string of the molecule is Cc1cc(Oc2c(Cl)cc(N)cc2C(N)=O)cc(C)c1Cl. The standard InChI is InChI=1S/C15H14Cl2N2O2/c1-7-3-10(4-8(2)13(7)17)21-14-11(15(19)20)5-9(18)6-12(14)16/h3-6H,18H2,1-2H3,(H2,19,20). The van der Waals surface area contributed by atoms with Crippen LogP contribution in [0, 0.1) is 13.8 Å². The molecular formula is C15H14Cl2N2O2. The van der Waals surface area contributed by atoms with Gasteiger partial charge >= 0.3 is 0 Å². The summed E-state index contributed by atoms with van der Waals surface area (Å²) in [5.74, 6) is 0.0321. The third-order valence-electron chi connectivity index (χ3n) is 2.96. The van der Waals surface area contributed by atoms with Crippen LogP contribution < -0.4 is 16.2 Å². The predicted octanol–water partition coefficient (Wildman–Crippen LogP) is 4.08. The van der Waals surface area contributed by atoms with E-state index < -0.39 is 5.91 Å². The maximum Gasteiger partial charge on any atom is 0.252 e. The Labute approximate surface area is 132 Å². The highest BCUT2D eigenvalue weighted by molar-refractivity contribution is 6.33. The Balaban J connectivity index is 2.51. The van der Waals surface area contributed by atoms with E-state index in [0.29, 0.717) is 16.5 Å². The van der Waals surface area contributed by atoms with Crippen molar-refractivity contribution in [1.29, 1.82) is 0 Å². The maximum absolute atomic E-state index is 11.5. The Bertz CT molecular complexity index is 707. The van der Waals surface area contributed by atoms with Crippen LogP contribution >= 0.6 is 23.2 Å². The molecule has 2 aromatic rings. The Kier molecular flexibility index (Phi) is 4.30. The lowest BCUT2D eigenvalue weighted by Crippen LogP contribution is -2.13. The summed E-state index contributed by atoms with van der Waals surface area (Å²) in [6, 6.07) is 6.44. The van der Waals surface area contributed by atoms with Crippen LogP contribution in [-0.2, 0) is 0 Å². The summed E-state index contributed by atoms with van der Waals surface area (Å²) >= 11 is 12.2. The van der Waals surface area contributed by atoms with Crippen molar-refractivity contribution in [3.05, 3.63) is 51.0 Å². The number of anilines is 1. The van der Waals surface area contributed by atoms with Gasteiger partial charge in [0.2, 0.25) is 0 Å². The second-order valence-corrected chi connectivity index (χ2v) is 5.50. The number of ether oxygens (including phenoxy) is 1. The van der Waals surface area contributed by atoms with Gasteiger partial charge < -0.3 is 16.2 Å². The smallest absolute Gasteiger partial charge is 0.252 e. The van der Waals surface area contributed by atoms with Crippen molar-refractivity contribution in [1.82, 2.24) is 0 Å². The molecule has 4 nitrogen and oxygen atoms in total. The first-order valence-corrected chi connectivity index (χ1v) is 6.88. The van der Waals surface area contributed by atoms with E-state index in [9.17, 15) is 4.79 Å². The van der Waals surface area contributed by atoms with Gasteiger partial charge in [0.05, 0.1) is 10.6 Å². The molecule has 21 heavy (non-hydrogen) atoms. The minimum absolute atomic E-state index is 0.130. The fourth-order valence-electron chi connectivity index (χ4n) is 1.98. The van der Waals surface area contributed by atoms with Crippen LogP contribution in [0.1, 0.15) is 21.5 Å². The summed E-state index contributed by atoms with van der Waals surface area (Å²) < 4.78 is 5.73. The van der Waals surface area contributed by atoms with Crippen LogP contribution in [0.15, 0.2) is 24.3 Å². The van der Waals surface area contributed by atoms with E-state index >= 15 is 0 Å². The highest BCUT2D eigenvalue weighted by Gasteiger charge is 2.16. The third-order valence-corrected chi connectivity index (χ3v) is 3.84. The van der Waals surface area contributed by atoms with Gasteiger partial charge in [-0.15, -0.1) is 0 Å². The second-order valence-electron chi connectivity index (χ2n) is 4.72. The first-order valence-electron chi connectivity index (χ1n) is 6.13. The molecule has 110 valence electrons. The van der Waals surface area contributed by atoms with Crippen molar-refractivity contribution in [2.45, 2.75) is 13.8 Å². The molecule has 6 heteroatoms. The van der Waals surface area contributed by atoms with Gasteiger partial charge in [-0.3, -0.25) is 4.79 Å². The van der Waals surface area contributed by atoms with Crippen LogP contribution in [0.4, 0.5) is 5.69 Å². The van der Waals surface area contributed by atoms with Gasteiger partial charge in [0.15, 0.2) is 5.75 Å². The van der Waals surface area contributed by atoms with E-state index in [0.717, 1.165) is 11.1 Å². The fraction of sp³-hybridized carbons (Fsp3) is 0.133. The second kappa shape index (κ2) is 5.84. The number of halogens is 2. The van der Waals surface area contributed by atoms with Gasteiger partial charge in [-0.25, -0.2) is 0 Å². The minimum Gasteiger partial charge on any atom is -0.455 e. The Morgan fingerprint density at radius 1 is 1.10 bits per heavy atom. The molecule has 4 N–H and O–H groups in total. The summed E-state index contributed by atoms with van der Waals surface area (Å²) in [5.41, 5.74) is 13.2. The van der Waals surface area contributed by atoms with Crippen LogP contribution in [0.5, 0.6) is 11.5 Å². The first-order chi connectivity index (χ1) is 9.79. The number of nitrogen functional groups attached to an aromatic ring is 1. The average molecular weight is 325 g/mol. The molecule has 0 atom stereocenters. The number of benzene rings is 2. The maximum atomic E-state index is 11.5.